The van der Waals surface area contributed by atoms with E-state index >= 15 is 0 Å². The minimum Gasteiger partial charge on any atom is -0.497 e. The number of alkyl halides is 3. The molecule has 2 aliphatic heterocycles. The molecule has 5 rings (SSSR count). The number of piperidine rings is 1. The van der Waals surface area contributed by atoms with Crippen molar-refractivity contribution >= 4 is 39.9 Å². The number of aromatic nitrogens is 2. The Morgan fingerprint density at radius 2 is 1.94 bits per heavy atom. The van der Waals surface area contributed by atoms with Crippen molar-refractivity contribution in [3.05, 3.63) is 64.2 Å². The lowest BCUT2D eigenvalue weighted by molar-refractivity contribution is -0.138. The smallest absolute Gasteiger partial charge is 0.416 e. The third-order valence-corrected chi connectivity index (χ3v) is 7.29. The average Bonchev–Trinajstić information content (AvgIpc) is 3.38. The molecule has 0 aliphatic carbocycles. The molecule has 3 heterocycles. The number of hydrogen-bond acceptors (Lipinski definition) is 6. The minimum atomic E-state index is -4.53. The first kappa shape index (κ1) is 24.4. The van der Waals surface area contributed by atoms with Crippen LogP contribution in [0.4, 0.5) is 18.0 Å². The first-order valence-electron chi connectivity index (χ1n) is 11.4. The Kier molecular flexibility index (Phi) is 6.52. The number of thioether (sulfide) groups is 1. The van der Waals surface area contributed by atoms with Gasteiger partial charge in [0.1, 0.15) is 5.75 Å². The summed E-state index contributed by atoms with van der Waals surface area (Å²) in [5, 5.41) is 7.97. The van der Waals surface area contributed by atoms with Gasteiger partial charge in [-0.3, -0.25) is 19.2 Å². The van der Waals surface area contributed by atoms with Gasteiger partial charge in [0.2, 0.25) is 0 Å². The lowest BCUT2D eigenvalue weighted by Crippen LogP contribution is -2.45. The van der Waals surface area contributed by atoms with Gasteiger partial charge in [-0.15, -0.1) is 0 Å². The van der Waals surface area contributed by atoms with Crippen molar-refractivity contribution in [3.8, 4) is 5.75 Å². The molecule has 0 bridgehead atoms. The Morgan fingerprint density at radius 3 is 2.67 bits per heavy atom. The van der Waals surface area contributed by atoms with Gasteiger partial charge in [-0.25, -0.2) is 0 Å². The van der Waals surface area contributed by atoms with E-state index in [1.807, 2.05) is 0 Å². The van der Waals surface area contributed by atoms with E-state index in [1.165, 1.54) is 28.8 Å². The molecule has 0 unspecified atom stereocenters. The van der Waals surface area contributed by atoms with E-state index in [4.69, 9.17) is 4.74 Å². The van der Waals surface area contributed by atoms with Crippen LogP contribution in [-0.2, 0) is 17.5 Å². The molecule has 2 amide bonds. The number of benzene rings is 2. The van der Waals surface area contributed by atoms with Crippen molar-refractivity contribution in [1.82, 2.24) is 20.0 Å². The van der Waals surface area contributed by atoms with Crippen molar-refractivity contribution in [2.45, 2.75) is 31.6 Å². The van der Waals surface area contributed by atoms with Gasteiger partial charge in [-0.1, -0.05) is 12.1 Å². The van der Waals surface area contributed by atoms with Crippen LogP contribution in [0.5, 0.6) is 5.75 Å². The summed E-state index contributed by atoms with van der Waals surface area (Å²) >= 11 is 0.930. The number of amides is 2. The fourth-order valence-electron chi connectivity index (χ4n) is 4.58. The molecule has 0 spiro atoms. The number of methoxy groups -OCH3 is 1. The van der Waals surface area contributed by atoms with E-state index < -0.39 is 11.7 Å². The van der Waals surface area contributed by atoms with Crippen LogP contribution in [0.1, 0.15) is 29.5 Å². The highest BCUT2D eigenvalue weighted by Gasteiger charge is 2.40. The van der Waals surface area contributed by atoms with E-state index in [0.717, 1.165) is 43.8 Å². The standard InChI is InChI=1S/C25H23F3N4O3S/c1-35-19-4-3-16(20(12-19)25(26,27)28)14-31-21-5-2-15(10-17(21)13-30-31)11-22-23(33)32(24(34)36-22)18-6-8-29-9-7-18/h2-5,10-13,18,29H,6-9,14H2,1H3. The van der Waals surface area contributed by atoms with Gasteiger partial charge < -0.3 is 10.1 Å². The van der Waals surface area contributed by atoms with Crippen LogP contribution >= 0.6 is 11.8 Å². The molecule has 2 saturated heterocycles. The van der Waals surface area contributed by atoms with Gasteiger partial charge in [0, 0.05) is 11.4 Å². The number of ether oxygens (including phenoxy) is 1. The fraction of sp³-hybridized carbons (Fsp3) is 0.320. The molecule has 2 aromatic carbocycles. The predicted molar refractivity (Wildman–Crippen MR) is 131 cm³/mol. The zero-order valence-corrected chi connectivity index (χ0v) is 20.2. The molecular weight excluding hydrogens is 493 g/mol. The Balaban J connectivity index is 1.39. The highest BCUT2D eigenvalue weighted by atomic mass is 32.2. The first-order chi connectivity index (χ1) is 17.2. The molecule has 0 saturated carbocycles. The summed E-state index contributed by atoms with van der Waals surface area (Å²) in [7, 11) is 1.32. The Morgan fingerprint density at radius 1 is 1.17 bits per heavy atom. The third kappa shape index (κ3) is 4.72. The average molecular weight is 517 g/mol. The number of nitrogens with zero attached hydrogens (tertiary/aromatic N) is 3. The van der Waals surface area contributed by atoms with Gasteiger partial charge in [-0.2, -0.15) is 18.3 Å². The molecule has 2 aliphatic rings. The number of carbonyl (C=O) groups is 2. The number of fused-ring (bicyclic) bond motifs is 1. The monoisotopic (exact) mass is 516 g/mol. The van der Waals surface area contributed by atoms with Gasteiger partial charge in [-0.05, 0) is 79.2 Å². The Bertz CT molecular complexity index is 1360. The Hall–Kier alpha value is -3.31. The van der Waals surface area contributed by atoms with Crippen LogP contribution in [0.2, 0.25) is 0 Å². The molecule has 11 heteroatoms. The molecule has 0 radical (unpaired) electrons. The second-order valence-corrected chi connectivity index (χ2v) is 9.67. The molecule has 0 atom stereocenters. The summed E-state index contributed by atoms with van der Waals surface area (Å²) in [5.41, 5.74) is 0.660. The molecule has 1 aromatic heterocycles. The second-order valence-electron chi connectivity index (χ2n) is 8.67. The molecule has 7 nitrogen and oxygen atoms in total. The molecule has 1 N–H and O–H groups in total. The van der Waals surface area contributed by atoms with Gasteiger partial charge in [0.05, 0.1) is 35.8 Å². The summed E-state index contributed by atoms with van der Waals surface area (Å²) in [4.78, 5) is 27.2. The van der Waals surface area contributed by atoms with Crippen molar-refractivity contribution < 1.29 is 27.5 Å². The summed E-state index contributed by atoms with van der Waals surface area (Å²) in [6.45, 7) is 1.47. The molecule has 3 aromatic rings. The van der Waals surface area contributed by atoms with Crippen LogP contribution in [0.25, 0.3) is 17.0 Å². The van der Waals surface area contributed by atoms with Crippen LogP contribution in [0.3, 0.4) is 0 Å². The number of carbonyl (C=O) groups excluding carboxylic acids is 2. The van der Waals surface area contributed by atoms with Crippen molar-refractivity contribution in [2.24, 2.45) is 0 Å². The summed E-state index contributed by atoms with van der Waals surface area (Å²) in [5.74, 6) is -0.155. The summed E-state index contributed by atoms with van der Waals surface area (Å²) in [6, 6.07) is 9.09. The number of hydrogen-bond donors (Lipinski definition) is 1. The maximum Gasteiger partial charge on any atom is 0.416 e. The van der Waals surface area contributed by atoms with Crippen molar-refractivity contribution in [3.63, 3.8) is 0 Å². The number of imide groups is 1. The topological polar surface area (TPSA) is 76.5 Å². The molecule has 2 fully saturated rings. The Labute approximate surface area is 209 Å². The maximum absolute atomic E-state index is 13.6. The zero-order valence-electron chi connectivity index (χ0n) is 19.3. The maximum atomic E-state index is 13.6. The SMILES string of the molecule is COc1ccc(Cn2ncc3cc(C=C4SC(=O)N(C5CCNCC5)C4=O)ccc32)c(C(F)(F)F)c1. The summed E-state index contributed by atoms with van der Waals surface area (Å²) < 4.78 is 47.3. The lowest BCUT2D eigenvalue weighted by Gasteiger charge is -2.29. The van der Waals surface area contributed by atoms with Gasteiger partial charge >= 0.3 is 6.18 Å². The van der Waals surface area contributed by atoms with E-state index in [1.54, 1.807) is 30.5 Å². The number of nitrogens with one attached hydrogen (secondary N) is 1. The van der Waals surface area contributed by atoms with Crippen LogP contribution in [0, 0.1) is 0 Å². The fourth-order valence-corrected chi connectivity index (χ4v) is 5.48. The highest BCUT2D eigenvalue weighted by molar-refractivity contribution is 8.18. The van der Waals surface area contributed by atoms with E-state index in [-0.39, 0.29) is 35.0 Å². The van der Waals surface area contributed by atoms with Gasteiger partial charge in [0.25, 0.3) is 11.1 Å². The zero-order chi connectivity index (χ0) is 25.4. The van der Waals surface area contributed by atoms with Crippen LogP contribution in [0.15, 0.2) is 47.5 Å². The van der Waals surface area contributed by atoms with E-state index in [9.17, 15) is 22.8 Å². The number of halogens is 3. The molecule has 36 heavy (non-hydrogen) atoms. The predicted octanol–water partition coefficient (Wildman–Crippen LogP) is 4.90. The molecule has 188 valence electrons. The second kappa shape index (κ2) is 9.62. The lowest BCUT2D eigenvalue weighted by atomic mass is 10.1. The minimum absolute atomic E-state index is 0.0726. The van der Waals surface area contributed by atoms with Crippen molar-refractivity contribution in [2.75, 3.05) is 20.2 Å². The van der Waals surface area contributed by atoms with E-state index in [0.29, 0.717) is 21.4 Å². The van der Waals surface area contributed by atoms with Gasteiger partial charge in [0.15, 0.2) is 0 Å². The van der Waals surface area contributed by atoms with Crippen LogP contribution < -0.4 is 10.1 Å². The summed E-state index contributed by atoms with van der Waals surface area (Å²) in [6.07, 6.45) is 0.191. The molecular formula is C25H23F3N4O3S. The van der Waals surface area contributed by atoms with E-state index in [2.05, 4.69) is 10.4 Å². The van der Waals surface area contributed by atoms with Crippen LogP contribution in [-0.4, -0.2) is 52.1 Å². The normalized spacial score (nSPS) is 18.6. The number of rotatable bonds is 5. The first-order valence-corrected chi connectivity index (χ1v) is 12.2. The quantitative estimate of drug-likeness (QED) is 0.486. The van der Waals surface area contributed by atoms with Crippen molar-refractivity contribution in [1.29, 1.82) is 0 Å². The highest BCUT2D eigenvalue weighted by Crippen LogP contribution is 2.37. The largest absolute Gasteiger partial charge is 0.497 e. The third-order valence-electron chi connectivity index (χ3n) is 6.40.